The quantitative estimate of drug-likeness (QED) is 0.667. The van der Waals surface area contributed by atoms with Crippen LogP contribution in [0.1, 0.15) is 11.6 Å². The molecule has 0 spiro atoms. The number of carbonyl (C=O) groups excluding carboxylic acids is 1. The van der Waals surface area contributed by atoms with Crippen molar-refractivity contribution < 1.29 is 9.53 Å². The summed E-state index contributed by atoms with van der Waals surface area (Å²) in [6.45, 7) is 1.85. The first-order chi connectivity index (χ1) is 9.19. The first-order valence-corrected chi connectivity index (χ1v) is 6.40. The summed E-state index contributed by atoms with van der Waals surface area (Å²) in [5.74, 6) is -0.0195. The fraction of sp³-hybridized carbons (Fsp3) is 0.500. The number of amides is 1. The van der Waals surface area contributed by atoms with Crippen LogP contribution in [-0.4, -0.2) is 51.2 Å². The molecule has 0 saturated carbocycles. The Bertz CT molecular complexity index is 370. The molecule has 0 aromatic heterocycles. The molecule has 1 unspecified atom stereocenters. The molecule has 5 heteroatoms. The summed E-state index contributed by atoms with van der Waals surface area (Å²) in [6, 6.07) is 10.0. The van der Waals surface area contributed by atoms with Crippen LogP contribution in [0.15, 0.2) is 30.3 Å². The molecule has 0 bridgehead atoms. The highest BCUT2D eigenvalue weighted by atomic mass is 16.5. The van der Waals surface area contributed by atoms with Crippen LogP contribution in [0.25, 0.3) is 0 Å². The van der Waals surface area contributed by atoms with Crippen molar-refractivity contribution in [3.05, 3.63) is 35.9 Å². The number of nitrogens with two attached hydrogens (primary N) is 1. The van der Waals surface area contributed by atoms with Gasteiger partial charge in [-0.15, -0.1) is 0 Å². The summed E-state index contributed by atoms with van der Waals surface area (Å²) >= 11 is 0. The third kappa shape index (κ3) is 5.38. The van der Waals surface area contributed by atoms with E-state index < -0.39 is 0 Å². The van der Waals surface area contributed by atoms with Gasteiger partial charge >= 0.3 is 0 Å². The number of methoxy groups -OCH3 is 1. The van der Waals surface area contributed by atoms with E-state index in [4.69, 9.17) is 10.5 Å². The second-order valence-electron chi connectivity index (χ2n) is 4.42. The minimum atomic E-state index is -0.0195. The van der Waals surface area contributed by atoms with Crippen molar-refractivity contribution in [2.24, 2.45) is 5.73 Å². The van der Waals surface area contributed by atoms with Gasteiger partial charge in [0.25, 0.3) is 0 Å². The maximum absolute atomic E-state index is 11.7. The molecule has 0 aliphatic heterocycles. The van der Waals surface area contributed by atoms with Gasteiger partial charge < -0.3 is 15.8 Å². The largest absolute Gasteiger partial charge is 0.383 e. The van der Waals surface area contributed by atoms with E-state index in [0.717, 1.165) is 5.56 Å². The number of nitrogens with zero attached hydrogens (tertiary/aromatic N) is 1. The van der Waals surface area contributed by atoms with Gasteiger partial charge in [-0.25, -0.2) is 0 Å². The van der Waals surface area contributed by atoms with Crippen LogP contribution in [0.5, 0.6) is 0 Å². The highest BCUT2D eigenvalue weighted by Gasteiger charge is 2.17. The van der Waals surface area contributed by atoms with Crippen LogP contribution < -0.4 is 11.1 Å². The van der Waals surface area contributed by atoms with Crippen LogP contribution in [0.3, 0.4) is 0 Å². The standard InChI is InChI=1S/C14H23N3O2/c1-17(11-14(18)16-8-9-19-2)13(10-15)12-6-4-3-5-7-12/h3-7,13H,8-11,15H2,1-2H3,(H,16,18). The highest BCUT2D eigenvalue weighted by molar-refractivity contribution is 5.78. The van der Waals surface area contributed by atoms with E-state index in [2.05, 4.69) is 5.32 Å². The molecule has 0 aliphatic carbocycles. The minimum absolute atomic E-state index is 0.0195. The second-order valence-corrected chi connectivity index (χ2v) is 4.42. The van der Waals surface area contributed by atoms with Crippen molar-refractivity contribution in [2.75, 3.05) is 40.4 Å². The van der Waals surface area contributed by atoms with Crippen LogP contribution in [-0.2, 0) is 9.53 Å². The van der Waals surface area contributed by atoms with Gasteiger partial charge in [-0.3, -0.25) is 9.69 Å². The van der Waals surface area contributed by atoms with E-state index in [-0.39, 0.29) is 11.9 Å². The lowest BCUT2D eigenvalue weighted by Gasteiger charge is -2.26. The zero-order valence-corrected chi connectivity index (χ0v) is 11.6. The van der Waals surface area contributed by atoms with Gasteiger partial charge in [0, 0.05) is 26.2 Å². The predicted octanol–water partition coefficient (Wildman–Crippen LogP) is 0.381. The summed E-state index contributed by atoms with van der Waals surface area (Å²) in [5.41, 5.74) is 6.93. The molecule has 1 aromatic rings. The summed E-state index contributed by atoms with van der Waals surface area (Å²) in [5, 5.41) is 2.80. The average Bonchev–Trinajstić information content (AvgIpc) is 2.41. The third-order valence-electron chi connectivity index (χ3n) is 2.96. The molecule has 0 radical (unpaired) electrons. The molecule has 1 rings (SSSR count). The predicted molar refractivity (Wildman–Crippen MR) is 75.8 cm³/mol. The molecular weight excluding hydrogens is 242 g/mol. The van der Waals surface area contributed by atoms with E-state index in [1.54, 1.807) is 7.11 Å². The Morgan fingerprint density at radius 2 is 2.11 bits per heavy atom. The van der Waals surface area contributed by atoms with E-state index in [0.29, 0.717) is 26.2 Å². The Morgan fingerprint density at radius 1 is 1.42 bits per heavy atom. The molecule has 1 aromatic carbocycles. The Labute approximate surface area is 114 Å². The van der Waals surface area contributed by atoms with Gasteiger partial charge in [0.15, 0.2) is 0 Å². The Kier molecular flexibility index (Phi) is 7.10. The lowest BCUT2D eigenvalue weighted by atomic mass is 10.1. The second kappa shape index (κ2) is 8.63. The number of carbonyl (C=O) groups is 1. The summed E-state index contributed by atoms with van der Waals surface area (Å²) in [4.78, 5) is 13.7. The topological polar surface area (TPSA) is 67.6 Å². The number of hydrogen-bond donors (Lipinski definition) is 2. The number of rotatable bonds is 8. The van der Waals surface area contributed by atoms with E-state index >= 15 is 0 Å². The molecule has 3 N–H and O–H groups in total. The molecule has 0 saturated heterocycles. The lowest BCUT2D eigenvalue weighted by molar-refractivity contribution is -0.122. The Morgan fingerprint density at radius 3 is 2.68 bits per heavy atom. The third-order valence-corrected chi connectivity index (χ3v) is 2.96. The van der Waals surface area contributed by atoms with Gasteiger partial charge in [-0.2, -0.15) is 0 Å². The zero-order valence-electron chi connectivity index (χ0n) is 11.6. The average molecular weight is 265 g/mol. The molecule has 0 aliphatic rings. The molecule has 0 heterocycles. The van der Waals surface area contributed by atoms with Gasteiger partial charge in [-0.1, -0.05) is 30.3 Å². The summed E-state index contributed by atoms with van der Waals surface area (Å²) in [6.07, 6.45) is 0. The van der Waals surface area contributed by atoms with Crippen molar-refractivity contribution in [1.82, 2.24) is 10.2 Å². The lowest BCUT2D eigenvalue weighted by Crippen LogP contribution is -2.40. The molecule has 1 amide bonds. The van der Waals surface area contributed by atoms with Crippen molar-refractivity contribution in [3.63, 3.8) is 0 Å². The zero-order chi connectivity index (χ0) is 14.1. The maximum atomic E-state index is 11.7. The fourth-order valence-electron chi connectivity index (χ4n) is 1.93. The van der Waals surface area contributed by atoms with Crippen LogP contribution >= 0.6 is 0 Å². The van der Waals surface area contributed by atoms with Gasteiger partial charge in [0.2, 0.25) is 5.91 Å². The first-order valence-electron chi connectivity index (χ1n) is 6.40. The van der Waals surface area contributed by atoms with Crippen molar-refractivity contribution in [1.29, 1.82) is 0 Å². The maximum Gasteiger partial charge on any atom is 0.234 e. The highest BCUT2D eigenvalue weighted by Crippen LogP contribution is 2.17. The summed E-state index contributed by atoms with van der Waals surface area (Å²) < 4.78 is 4.89. The molecule has 19 heavy (non-hydrogen) atoms. The van der Waals surface area contributed by atoms with E-state index in [1.807, 2.05) is 42.3 Å². The number of hydrogen-bond acceptors (Lipinski definition) is 4. The number of likely N-dealkylation sites (N-methyl/N-ethyl adjacent to an activating group) is 1. The van der Waals surface area contributed by atoms with Crippen molar-refractivity contribution in [3.8, 4) is 0 Å². The number of ether oxygens (including phenoxy) is 1. The van der Waals surface area contributed by atoms with E-state index in [9.17, 15) is 4.79 Å². The first kappa shape index (κ1) is 15.6. The van der Waals surface area contributed by atoms with Gasteiger partial charge in [0.05, 0.1) is 13.2 Å². The SMILES string of the molecule is COCCNC(=O)CN(C)C(CN)c1ccccc1. The molecule has 106 valence electrons. The molecule has 1 atom stereocenters. The Hall–Kier alpha value is -1.43. The number of benzene rings is 1. The monoisotopic (exact) mass is 265 g/mol. The van der Waals surface area contributed by atoms with Gasteiger partial charge in [-0.05, 0) is 12.6 Å². The van der Waals surface area contributed by atoms with E-state index in [1.165, 1.54) is 0 Å². The van der Waals surface area contributed by atoms with Gasteiger partial charge in [0.1, 0.15) is 0 Å². The number of nitrogens with one attached hydrogen (secondary N) is 1. The molecule has 0 fully saturated rings. The molecular formula is C14H23N3O2. The molecule has 5 nitrogen and oxygen atoms in total. The van der Waals surface area contributed by atoms with Crippen molar-refractivity contribution >= 4 is 5.91 Å². The van der Waals surface area contributed by atoms with Crippen LogP contribution in [0.4, 0.5) is 0 Å². The minimum Gasteiger partial charge on any atom is -0.383 e. The summed E-state index contributed by atoms with van der Waals surface area (Å²) in [7, 11) is 3.51. The van der Waals surface area contributed by atoms with Crippen LogP contribution in [0.2, 0.25) is 0 Å². The van der Waals surface area contributed by atoms with Crippen molar-refractivity contribution in [2.45, 2.75) is 6.04 Å². The Balaban J connectivity index is 2.50. The smallest absolute Gasteiger partial charge is 0.234 e. The van der Waals surface area contributed by atoms with Crippen LogP contribution in [0, 0.1) is 0 Å². The normalized spacial score (nSPS) is 12.4. The fourth-order valence-corrected chi connectivity index (χ4v) is 1.93.